The highest BCUT2D eigenvalue weighted by Crippen LogP contribution is 2.33. The number of hydrogen-bond donors (Lipinski definition) is 0. The SMILES string of the molecule is Cc1nc(S(=O)(=O)Cc2ccccc2Cl)n(C2CCCCC2)c1C. The van der Waals surface area contributed by atoms with E-state index in [2.05, 4.69) is 4.98 Å². The zero-order chi connectivity index (χ0) is 17.3. The molecule has 1 aliphatic rings. The lowest BCUT2D eigenvalue weighted by Gasteiger charge is -2.26. The summed E-state index contributed by atoms with van der Waals surface area (Å²) >= 11 is 6.15. The minimum atomic E-state index is -3.55. The maximum Gasteiger partial charge on any atom is 0.228 e. The van der Waals surface area contributed by atoms with Crippen LogP contribution in [-0.2, 0) is 15.6 Å². The van der Waals surface area contributed by atoms with E-state index in [1.807, 2.05) is 18.4 Å². The molecule has 2 aromatic rings. The molecule has 24 heavy (non-hydrogen) atoms. The van der Waals surface area contributed by atoms with Crippen LogP contribution in [0, 0.1) is 13.8 Å². The highest BCUT2D eigenvalue weighted by molar-refractivity contribution is 7.90. The molecular weight excluding hydrogens is 344 g/mol. The smallest absolute Gasteiger partial charge is 0.228 e. The minimum Gasteiger partial charge on any atom is -0.316 e. The van der Waals surface area contributed by atoms with E-state index in [-0.39, 0.29) is 17.0 Å². The Morgan fingerprint density at radius 2 is 1.83 bits per heavy atom. The van der Waals surface area contributed by atoms with Gasteiger partial charge in [0, 0.05) is 16.8 Å². The zero-order valence-electron chi connectivity index (χ0n) is 14.1. The van der Waals surface area contributed by atoms with Crippen molar-refractivity contribution in [2.24, 2.45) is 0 Å². The summed E-state index contributed by atoms with van der Waals surface area (Å²) in [7, 11) is -3.55. The van der Waals surface area contributed by atoms with Gasteiger partial charge < -0.3 is 4.57 Å². The van der Waals surface area contributed by atoms with E-state index in [0.29, 0.717) is 10.6 Å². The summed E-state index contributed by atoms with van der Waals surface area (Å²) in [4.78, 5) is 4.41. The van der Waals surface area contributed by atoms with Gasteiger partial charge in [-0.25, -0.2) is 13.4 Å². The number of aryl methyl sites for hydroxylation is 1. The van der Waals surface area contributed by atoms with Crippen molar-refractivity contribution in [1.82, 2.24) is 9.55 Å². The summed E-state index contributed by atoms with van der Waals surface area (Å²) in [6.45, 7) is 3.84. The van der Waals surface area contributed by atoms with Gasteiger partial charge in [0.25, 0.3) is 0 Å². The first-order chi connectivity index (χ1) is 11.4. The van der Waals surface area contributed by atoms with Gasteiger partial charge in [-0.3, -0.25) is 0 Å². The van der Waals surface area contributed by atoms with Crippen LogP contribution < -0.4 is 0 Å². The van der Waals surface area contributed by atoms with Crippen LogP contribution in [0.1, 0.15) is 55.1 Å². The van der Waals surface area contributed by atoms with Crippen LogP contribution in [0.3, 0.4) is 0 Å². The van der Waals surface area contributed by atoms with Crippen molar-refractivity contribution in [3.8, 4) is 0 Å². The lowest BCUT2D eigenvalue weighted by Crippen LogP contribution is -2.20. The summed E-state index contributed by atoms with van der Waals surface area (Å²) in [5.41, 5.74) is 2.37. The van der Waals surface area contributed by atoms with Crippen LogP contribution in [0.25, 0.3) is 0 Å². The van der Waals surface area contributed by atoms with Crippen molar-refractivity contribution in [1.29, 1.82) is 0 Å². The number of aromatic nitrogens is 2. The highest BCUT2D eigenvalue weighted by atomic mass is 35.5. The van der Waals surface area contributed by atoms with Gasteiger partial charge in [0.1, 0.15) is 0 Å². The summed E-state index contributed by atoms with van der Waals surface area (Å²) < 4.78 is 28.0. The lowest BCUT2D eigenvalue weighted by atomic mass is 9.95. The number of nitrogens with zero attached hydrogens (tertiary/aromatic N) is 2. The number of sulfone groups is 1. The van der Waals surface area contributed by atoms with E-state index < -0.39 is 9.84 Å². The Morgan fingerprint density at radius 3 is 2.50 bits per heavy atom. The van der Waals surface area contributed by atoms with Crippen molar-refractivity contribution >= 4 is 21.4 Å². The Kier molecular flexibility index (Phi) is 5.02. The molecule has 0 amide bonds. The first-order valence-electron chi connectivity index (χ1n) is 8.42. The van der Waals surface area contributed by atoms with Gasteiger partial charge in [0.05, 0.1) is 11.4 Å². The standard InChI is InChI=1S/C18H23ClN2O2S/c1-13-14(2)21(16-9-4-3-5-10-16)18(20-13)24(22,23)12-15-8-6-7-11-17(15)19/h6-8,11,16H,3-5,9-10,12H2,1-2H3. The summed E-state index contributed by atoms with van der Waals surface area (Å²) in [5, 5.41) is 0.676. The molecule has 0 radical (unpaired) electrons. The van der Waals surface area contributed by atoms with Gasteiger partial charge in [-0.1, -0.05) is 49.1 Å². The Labute approximate surface area is 148 Å². The molecule has 1 aliphatic carbocycles. The largest absolute Gasteiger partial charge is 0.316 e. The highest BCUT2D eigenvalue weighted by Gasteiger charge is 2.29. The van der Waals surface area contributed by atoms with Crippen molar-refractivity contribution in [3.05, 3.63) is 46.2 Å². The third kappa shape index (κ3) is 3.38. The maximum atomic E-state index is 13.0. The Bertz CT molecular complexity index is 837. The Balaban J connectivity index is 2.01. The van der Waals surface area contributed by atoms with E-state index >= 15 is 0 Å². The molecule has 6 heteroatoms. The fourth-order valence-corrected chi connectivity index (χ4v) is 5.40. The Morgan fingerprint density at radius 1 is 1.17 bits per heavy atom. The molecule has 0 spiro atoms. The predicted molar refractivity (Wildman–Crippen MR) is 96.2 cm³/mol. The van der Waals surface area contributed by atoms with Crippen LogP contribution in [0.5, 0.6) is 0 Å². The van der Waals surface area contributed by atoms with E-state index in [4.69, 9.17) is 11.6 Å². The molecule has 3 rings (SSSR count). The number of hydrogen-bond acceptors (Lipinski definition) is 3. The second kappa shape index (κ2) is 6.89. The quantitative estimate of drug-likeness (QED) is 0.792. The van der Waals surface area contributed by atoms with E-state index in [0.717, 1.165) is 37.1 Å². The van der Waals surface area contributed by atoms with Crippen molar-refractivity contribution in [2.45, 2.75) is 62.9 Å². The molecule has 0 aliphatic heterocycles. The van der Waals surface area contributed by atoms with Gasteiger partial charge in [0.2, 0.25) is 15.0 Å². The molecule has 1 fully saturated rings. The average Bonchev–Trinajstić information content (AvgIpc) is 2.87. The van der Waals surface area contributed by atoms with Gasteiger partial charge in [0.15, 0.2) is 0 Å². The topological polar surface area (TPSA) is 52.0 Å². The number of rotatable bonds is 4. The van der Waals surface area contributed by atoms with Gasteiger partial charge in [-0.15, -0.1) is 0 Å². The van der Waals surface area contributed by atoms with Crippen molar-refractivity contribution in [3.63, 3.8) is 0 Å². The molecule has 0 N–H and O–H groups in total. The third-order valence-electron chi connectivity index (χ3n) is 4.88. The van der Waals surface area contributed by atoms with E-state index in [9.17, 15) is 8.42 Å². The third-order valence-corrected chi connectivity index (χ3v) is 6.78. The molecule has 1 heterocycles. The number of benzene rings is 1. The fraction of sp³-hybridized carbons (Fsp3) is 0.500. The van der Waals surface area contributed by atoms with Crippen LogP contribution >= 0.6 is 11.6 Å². The van der Waals surface area contributed by atoms with Gasteiger partial charge >= 0.3 is 0 Å². The lowest BCUT2D eigenvalue weighted by molar-refractivity contribution is 0.329. The number of imidazole rings is 1. The molecule has 1 aromatic carbocycles. The molecule has 0 bridgehead atoms. The van der Waals surface area contributed by atoms with Crippen molar-refractivity contribution < 1.29 is 8.42 Å². The first kappa shape index (κ1) is 17.5. The molecule has 0 saturated heterocycles. The van der Waals surface area contributed by atoms with Crippen LogP contribution in [0.4, 0.5) is 0 Å². The molecule has 0 atom stereocenters. The normalized spacial score (nSPS) is 16.5. The van der Waals surface area contributed by atoms with E-state index in [1.54, 1.807) is 24.3 Å². The predicted octanol–water partition coefficient (Wildman–Crippen LogP) is 4.63. The summed E-state index contributed by atoms with van der Waals surface area (Å²) in [6.07, 6.45) is 5.55. The van der Waals surface area contributed by atoms with Crippen LogP contribution in [0.2, 0.25) is 5.02 Å². The second-order valence-corrected chi connectivity index (χ2v) is 8.87. The fourth-order valence-electron chi connectivity index (χ4n) is 3.47. The first-order valence-corrected chi connectivity index (χ1v) is 10.4. The molecule has 130 valence electrons. The monoisotopic (exact) mass is 366 g/mol. The maximum absolute atomic E-state index is 13.0. The average molecular weight is 367 g/mol. The minimum absolute atomic E-state index is 0.116. The second-order valence-electron chi connectivity index (χ2n) is 6.58. The van der Waals surface area contributed by atoms with Gasteiger partial charge in [-0.05, 0) is 38.3 Å². The van der Waals surface area contributed by atoms with E-state index in [1.165, 1.54) is 6.42 Å². The molecule has 1 aromatic heterocycles. The Hall–Kier alpha value is -1.33. The van der Waals surface area contributed by atoms with Gasteiger partial charge in [-0.2, -0.15) is 0 Å². The number of halogens is 1. The molecular formula is C18H23ClN2O2S. The zero-order valence-corrected chi connectivity index (χ0v) is 15.7. The van der Waals surface area contributed by atoms with Crippen LogP contribution in [0.15, 0.2) is 29.4 Å². The van der Waals surface area contributed by atoms with Crippen molar-refractivity contribution in [2.75, 3.05) is 0 Å². The summed E-state index contributed by atoms with van der Waals surface area (Å²) in [6, 6.07) is 7.32. The molecule has 0 unspecified atom stereocenters. The van der Waals surface area contributed by atoms with Crippen LogP contribution in [-0.4, -0.2) is 18.0 Å². The summed E-state index contributed by atoms with van der Waals surface area (Å²) in [5.74, 6) is -0.116. The molecule has 1 saturated carbocycles. The molecule has 4 nitrogen and oxygen atoms in total.